The number of rotatable bonds is 10. The molecule has 1 aromatic carbocycles. The van der Waals surface area contributed by atoms with Crippen LogP contribution in [0.25, 0.3) is 0 Å². The van der Waals surface area contributed by atoms with Crippen molar-refractivity contribution < 1.29 is 29.5 Å². The normalized spacial score (nSPS) is 22.2. The lowest BCUT2D eigenvalue weighted by Crippen LogP contribution is -2.56. The molecule has 3 rings (SSSR count). The Bertz CT molecular complexity index is 981. The van der Waals surface area contributed by atoms with E-state index in [0.717, 1.165) is 48.5 Å². The molecule has 1 aliphatic carbocycles. The second-order valence-corrected chi connectivity index (χ2v) is 11.2. The number of hydrogen-bond acceptors (Lipinski definition) is 8. The van der Waals surface area contributed by atoms with E-state index in [1.165, 1.54) is 0 Å². The summed E-state index contributed by atoms with van der Waals surface area (Å²) in [7, 11) is 0. The van der Waals surface area contributed by atoms with Gasteiger partial charge in [-0.1, -0.05) is 34.1 Å². The van der Waals surface area contributed by atoms with Crippen molar-refractivity contribution in [3.8, 4) is 0 Å². The predicted octanol–water partition coefficient (Wildman–Crippen LogP) is 2.58. The number of carboxylic acids is 1. The fourth-order valence-corrected chi connectivity index (χ4v) is 4.78. The molecule has 1 aromatic rings. The van der Waals surface area contributed by atoms with E-state index < -0.39 is 24.6 Å². The number of hydrogen-bond donors (Lipinski definition) is 5. The zero-order valence-electron chi connectivity index (χ0n) is 23.0. The van der Waals surface area contributed by atoms with Crippen LogP contribution in [0.2, 0.25) is 0 Å². The number of aliphatic carboxylic acids is 1. The van der Waals surface area contributed by atoms with Gasteiger partial charge in [0.05, 0.1) is 12.5 Å². The monoisotopic (exact) mass is 533 g/mol. The van der Waals surface area contributed by atoms with Crippen LogP contribution in [-0.2, 0) is 20.8 Å². The Balaban J connectivity index is 0.000000269. The molecule has 1 saturated carbocycles. The number of aldehydes is 1. The summed E-state index contributed by atoms with van der Waals surface area (Å²) in [6, 6.07) is 4.66. The summed E-state index contributed by atoms with van der Waals surface area (Å²) >= 11 is 0. The second kappa shape index (κ2) is 13.7. The Morgan fingerprint density at radius 3 is 2.50 bits per heavy atom. The number of hydrazine groups is 1. The Kier molecular flexibility index (Phi) is 11.2. The third-order valence-electron chi connectivity index (χ3n) is 7.50. The molecular formula is C27H43N5O6. The molecule has 6 N–H and O–H groups in total. The van der Waals surface area contributed by atoms with Crippen LogP contribution in [-0.4, -0.2) is 69.2 Å². The lowest BCUT2D eigenvalue weighted by atomic mass is 9.88. The summed E-state index contributed by atoms with van der Waals surface area (Å²) in [5, 5.41) is 22.5. The number of nitrogens with two attached hydrogens (primary N) is 1. The maximum Gasteiger partial charge on any atom is 0.305 e. The van der Waals surface area contributed by atoms with Gasteiger partial charge in [-0.25, -0.2) is 5.43 Å². The fourth-order valence-electron chi connectivity index (χ4n) is 4.78. The zero-order chi connectivity index (χ0) is 28.6. The number of carbonyl (C=O) groups excluding carboxylic acids is 3. The average molecular weight is 534 g/mol. The topological polar surface area (TPSA) is 165 Å². The molecule has 5 atom stereocenters. The summed E-state index contributed by atoms with van der Waals surface area (Å²) in [5.41, 5.74) is 10.8. The van der Waals surface area contributed by atoms with Crippen molar-refractivity contribution in [1.82, 2.24) is 20.8 Å². The summed E-state index contributed by atoms with van der Waals surface area (Å²) in [4.78, 5) is 46.3. The second-order valence-electron chi connectivity index (χ2n) is 11.2. The molecular weight excluding hydrogens is 490 g/mol. The smallest absolute Gasteiger partial charge is 0.305 e. The highest BCUT2D eigenvalue weighted by Gasteiger charge is 2.46. The van der Waals surface area contributed by atoms with Gasteiger partial charge >= 0.3 is 5.97 Å². The van der Waals surface area contributed by atoms with Crippen molar-refractivity contribution in [3.63, 3.8) is 0 Å². The van der Waals surface area contributed by atoms with Crippen LogP contribution in [0.3, 0.4) is 0 Å². The summed E-state index contributed by atoms with van der Waals surface area (Å²) in [6.45, 7) is 10.4. The third kappa shape index (κ3) is 8.24. The van der Waals surface area contributed by atoms with Gasteiger partial charge in [-0.15, -0.1) is 5.17 Å². The molecule has 2 aliphatic rings. The predicted molar refractivity (Wildman–Crippen MR) is 143 cm³/mol. The molecule has 11 nitrogen and oxygen atoms in total. The lowest BCUT2D eigenvalue weighted by Gasteiger charge is -2.33. The number of anilines is 1. The van der Waals surface area contributed by atoms with Crippen LogP contribution in [0.15, 0.2) is 18.2 Å². The molecule has 1 aliphatic heterocycles. The third-order valence-corrected chi connectivity index (χ3v) is 7.50. The van der Waals surface area contributed by atoms with Gasteiger partial charge in [0.2, 0.25) is 6.41 Å². The van der Waals surface area contributed by atoms with E-state index in [9.17, 15) is 24.4 Å². The number of fused-ring (bicyclic) bond motifs is 2. The van der Waals surface area contributed by atoms with Crippen molar-refractivity contribution in [2.24, 2.45) is 11.3 Å². The molecule has 38 heavy (non-hydrogen) atoms. The number of nitrogen functional groups attached to an aromatic ring is 1. The largest absolute Gasteiger partial charge is 0.481 e. The summed E-state index contributed by atoms with van der Waals surface area (Å²) < 4.78 is 0. The van der Waals surface area contributed by atoms with Crippen LogP contribution in [0.4, 0.5) is 5.69 Å². The Morgan fingerprint density at radius 2 is 1.95 bits per heavy atom. The van der Waals surface area contributed by atoms with E-state index in [2.05, 4.69) is 31.5 Å². The molecule has 11 heteroatoms. The minimum atomic E-state index is -1.14. The van der Waals surface area contributed by atoms with Gasteiger partial charge < -0.3 is 25.9 Å². The first-order valence-electron chi connectivity index (χ1n) is 13.2. The van der Waals surface area contributed by atoms with Gasteiger partial charge in [0.25, 0.3) is 5.91 Å². The number of nitrogens with zero attached hydrogens (tertiary/aromatic N) is 2. The van der Waals surface area contributed by atoms with Crippen LogP contribution < -0.4 is 16.5 Å². The van der Waals surface area contributed by atoms with E-state index >= 15 is 0 Å². The Hall–Kier alpha value is -3.02. The van der Waals surface area contributed by atoms with E-state index in [-0.39, 0.29) is 29.3 Å². The standard InChI is InChI=1S/C15H24N2O.C12H19N3O5/c1-6-11-9-12(7-8-13(11)16)14(18)17-10(2)15(3,4)5;16-6-9(5-11(18)19)13-15(20)12-8-2-1-3-10(4-8)14(12)7-17/h7-10H,6,16H2,1-5H3,(H,17,18);6-10,12-13,20H,1-5H2,(H,18,19)/t;8-,9-,10+,12+/m.0/s1. The first-order valence-corrected chi connectivity index (χ1v) is 13.2. The van der Waals surface area contributed by atoms with Gasteiger partial charge in [0.1, 0.15) is 12.5 Å². The molecule has 1 unspecified atom stereocenters. The lowest BCUT2D eigenvalue weighted by molar-refractivity contribution is -0.216. The maximum absolute atomic E-state index is 12.1. The number of likely N-dealkylation sites (tertiary alicyclic amines) is 1. The number of nitrogens with one attached hydrogen (secondary N) is 2. The SMILES string of the molecule is CCc1cc(C(=O)NC(C)C(C)(C)C)ccc1N.O=C[C@H](CC(=O)O)NN(O)[C@@H]1[C@H]2CCC[C@H](C2)N1C=O. The number of carboxylic acid groups (broad SMARTS) is 1. The fraction of sp³-hybridized carbons (Fsp3) is 0.630. The van der Waals surface area contributed by atoms with Gasteiger partial charge in [0.15, 0.2) is 0 Å². The summed E-state index contributed by atoms with van der Waals surface area (Å²) in [5.74, 6) is -1.04. The number of carbonyl (C=O) groups is 4. The summed E-state index contributed by atoms with van der Waals surface area (Å²) in [6.07, 6.45) is 4.63. The highest BCUT2D eigenvalue weighted by molar-refractivity contribution is 5.95. The molecule has 0 spiro atoms. The van der Waals surface area contributed by atoms with Crippen LogP contribution in [0, 0.1) is 11.3 Å². The van der Waals surface area contributed by atoms with Crippen molar-refractivity contribution in [3.05, 3.63) is 29.3 Å². The zero-order valence-corrected chi connectivity index (χ0v) is 23.0. The van der Waals surface area contributed by atoms with Crippen LogP contribution in [0.5, 0.6) is 0 Å². The highest BCUT2D eigenvalue weighted by atomic mass is 16.5. The quantitative estimate of drug-likeness (QED) is 0.173. The Morgan fingerprint density at radius 1 is 1.26 bits per heavy atom. The first kappa shape index (κ1) is 31.2. The minimum absolute atomic E-state index is 0.0351. The maximum atomic E-state index is 12.1. The van der Waals surface area contributed by atoms with E-state index in [1.54, 1.807) is 17.0 Å². The number of hydroxylamine groups is 1. The molecule has 0 aromatic heterocycles. The van der Waals surface area contributed by atoms with Crippen molar-refractivity contribution in [2.75, 3.05) is 5.73 Å². The molecule has 2 fully saturated rings. The minimum Gasteiger partial charge on any atom is -0.481 e. The van der Waals surface area contributed by atoms with E-state index in [0.29, 0.717) is 18.3 Å². The van der Waals surface area contributed by atoms with Crippen LogP contribution >= 0.6 is 0 Å². The molecule has 1 heterocycles. The van der Waals surface area contributed by atoms with Gasteiger partial charge in [0, 0.05) is 23.3 Å². The van der Waals surface area contributed by atoms with E-state index in [1.807, 2.05) is 19.9 Å². The first-order chi connectivity index (χ1) is 17.8. The van der Waals surface area contributed by atoms with Crippen molar-refractivity contribution in [2.45, 2.75) is 97.4 Å². The highest BCUT2D eigenvalue weighted by Crippen LogP contribution is 2.39. The van der Waals surface area contributed by atoms with E-state index in [4.69, 9.17) is 10.8 Å². The Labute approximate surface area is 224 Å². The average Bonchev–Trinajstić information content (AvgIpc) is 3.11. The number of benzene rings is 1. The molecule has 2 bridgehead atoms. The number of amides is 2. The van der Waals surface area contributed by atoms with Crippen molar-refractivity contribution in [1.29, 1.82) is 0 Å². The van der Waals surface area contributed by atoms with Crippen molar-refractivity contribution >= 4 is 30.3 Å². The van der Waals surface area contributed by atoms with Gasteiger partial charge in [-0.3, -0.25) is 19.6 Å². The molecule has 0 radical (unpaired) electrons. The molecule has 212 valence electrons. The van der Waals surface area contributed by atoms with Gasteiger partial charge in [-0.05, 0) is 67.7 Å². The number of aryl methyl sites for hydroxylation is 1. The van der Waals surface area contributed by atoms with Crippen LogP contribution in [0.1, 0.15) is 82.6 Å². The van der Waals surface area contributed by atoms with Gasteiger partial charge in [-0.2, -0.15) is 0 Å². The molecule has 2 amide bonds. The molecule has 1 saturated heterocycles.